The molecule has 1 heterocycles. The third-order valence-corrected chi connectivity index (χ3v) is 2.45. The Morgan fingerprint density at radius 1 is 1.15 bits per heavy atom. The van der Waals surface area contributed by atoms with Crippen molar-refractivity contribution < 1.29 is 9.18 Å². The topological polar surface area (TPSA) is 79.8 Å². The number of benzene rings is 1. The minimum atomic E-state index is -0.848. The average molecular weight is 265 g/mol. The second-order valence-corrected chi connectivity index (χ2v) is 3.88. The minimum Gasteiger partial charge on any atom is -0.366 e. The number of carbonyl (C=O) groups is 1. The second kappa shape index (κ2) is 5.64. The summed E-state index contributed by atoms with van der Waals surface area (Å²) >= 11 is 0. The van der Waals surface area contributed by atoms with Gasteiger partial charge < -0.3 is 5.73 Å². The van der Waals surface area contributed by atoms with Crippen LogP contribution in [-0.4, -0.2) is 10.9 Å². The monoisotopic (exact) mass is 265 g/mol. The van der Waals surface area contributed by atoms with E-state index in [4.69, 9.17) is 11.0 Å². The molecule has 96 valence electrons. The highest BCUT2D eigenvalue weighted by Crippen LogP contribution is 2.09. The van der Waals surface area contributed by atoms with Crippen molar-refractivity contribution in [1.29, 1.82) is 5.26 Å². The number of nitrogens with two attached hydrogens (primary N) is 1. The van der Waals surface area contributed by atoms with Crippen LogP contribution < -0.4 is 5.73 Å². The highest BCUT2D eigenvalue weighted by atomic mass is 19.1. The summed E-state index contributed by atoms with van der Waals surface area (Å²) in [6.07, 6.45) is 2.93. The molecule has 0 atom stereocenters. The molecular formula is C15H8FN3O. The molecule has 0 radical (unpaired) electrons. The zero-order valence-electron chi connectivity index (χ0n) is 10.2. The summed E-state index contributed by atoms with van der Waals surface area (Å²) in [6, 6.07) is 7.40. The summed E-state index contributed by atoms with van der Waals surface area (Å²) in [5.41, 5.74) is 6.24. The van der Waals surface area contributed by atoms with Crippen LogP contribution in [0.5, 0.6) is 0 Å². The van der Waals surface area contributed by atoms with Crippen LogP contribution in [0.25, 0.3) is 0 Å². The van der Waals surface area contributed by atoms with Crippen LogP contribution >= 0.6 is 0 Å². The van der Waals surface area contributed by atoms with Gasteiger partial charge in [-0.15, -0.1) is 0 Å². The molecule has 0 saturated heterocycles. The fraction of sp³-hybridized carbons (Fsp3) is 0. The molecule has 2 aromatic rings. The van der Waals surface area contributed by atoms with Crippen molar-refractivity contribution in [2.45, 2.75) is 0 Å². The van der Waals surface area contributed by atoms with E-state index in [2.05, 4.69) is 16.8 Å². The fourth-order valence-electron chi connectivity index (χ4n) is 1.51. The standard InChI is InChI=1S/C15H8FN3O/c16-14-4-3-10(6-13(14)15(18)20)1-2-11-5-12(7-17)9-19-8-11/h3-6,8-9H,(H2,18,20). The molecule has 20 heavy (non-hydrogen) atoms. The Morgan fingerprint density at radius 3 is 2.55 bits per heavy atom. The predicted molar refractivity (Wildman–Crippen MR) is 69.8 cm³/mol. The second-order valence-electron chi connectivity index (χ2n) is 3.88. The molecule has 4 nitrogen and oxygen atoms in total. The van der Waals surface area contributed by atoms with Crippen molar-refractivity contribution in [1.82, 2.24) is 4.98 Å². The van der Waals surface area contributed by atoms with Crippen LogP contribution in [0.1, 0.15) is 27.0 Å². The van der Waals surface area contributed by atoms with Gasteiger partial charge in [-0.1, -0.05) is 11.8 Å². The predicted octanol–water partition coefficient (Wildman–Crippen LogP) is 1.59. The Balaban J connectivity index is 2.36. The molecule has 0 aliphatic rings. The molecule has 0 unspecified atom stereocenters. The van der Waals surface area contributed by atoms with Crippen molar-refractivity contribution >= 4 is 5.91 Å². The summed E-state index contributed by atoms with van der Waals surface area (Å²) in [6.45, 7) is 0. The molecule has 0 fully saturated rings. The van der Waals surface area contributed by atoms with Crippen molar-refractivity contribution in [3.63, 3.8) is 0 Å². The molecule has 0 aliphatic heterocycles. The van der Waals surface area contributed by atoms with E-state index in [1.54, 1.807) is 6.07 Å². The maximum atomic E-state index is 13.3. The van der Waals surface area contributed by atoms with Crippen LogP contribution in [0.15, 0.2) is 36.7 Å². The Kier molecular flexibility index (Phi) is 3.74. The van der Waals surface area contributed by atoms with Gasteiger partial charge in [0.15, 0.2) is 0 Å². The first-order valence-corrected chi connectivity index (χ1v) is 5.56. The van der Waals surface area contributed by atoms with E-state index in [1.165, 1.54) is 24.5 Å². The van der Waals surface area contributed by atoms with E-state index < -0.39 is 11.7 Å². The number of amides is 1. The van der Waals surface area contributed by atoms with Gasteiger partial charge in [0.2, 0.25) is 0 Å². The average Bonchev–Trinajstić information content (AvgIpc) is 2.46. The summed E-state index contributed by atoms with van der Waals surface area (Å²) < 4.78 is 13.3. The number of halogens is 1. The molecule has 1 aromatic carbocycles. The lowest BCUT2D eigenvalue weighted by atomic mass is 10.1. The number of primary amides is 1. The van der Waals surface area contributed by atoms with Gasteiger partial charge >= 0.3 is 0 Å². The summed E-state index contributed by atoms with van der Waals surface area (Å²) in [5.74, 6) is 4.01. The molecule has 2 N–H and O–H groups in total. The molecule has 1 aromatic heterocycles. The molecule has 0 bridgehead atoms. The number of nitriles is 1. The van der Waals surface area contributed by atoms with E-state index in [0.29, 0.717) is 16.7 Å². The lowest BCUT2D eigenvalue weighted by Crippen LogP contribution is -2.13. The Bertz CT molecular complexity index is 782. The number of hydrogen-bond donors (Lipinski definition) is 1. The number of aromatic nitrogens is 1. The van der Waals surface area contributed by atoms with Gasteiger partial charge in [0.25, 0.3) is 5.91 Å². The van der Waals surface area contributed by atoms with Gasteiger partial charge in [-0.3, -0.25) is 9.78 Å². The third kappa shape index (κ3) is 2.98. The van der Waals surface area contributed by atoms with E-state index in [0.717, 1.165) is 6.07 Å². The summed E-state index contributed by atoms with van der Waals surface area (Å²) in [5, 5.41) is 8.74. The Morgan fingerprint density at radius 2 is 1.85 bits per heavy atom. The number of nitrogens with zero attached hydrogens (tertiary/aromatic N) is 2. The minimum absolute atomic E-state index is 0.208. The molecule has 1 amide bonds. The normalized spacial score (nSPS) is 9.20. The third-order valence-electron chi connectivity index (χ3n) is 2.45. The van der Waals surface area contributed by atoms with Crippen molar-refractivity contribution in [2.24, 2.45) is 5.73 Å². The summed E-state index contributed by atoms with van der Waals surface area (Å²) in [4.78, 5) is 14.9. The fourth-order valence-corrected chi connectivity index (χ4v) is 1.51. The number of rotatable bonds is 1. The van der Waals surface area contributed by atoms with Gasteiger partial charge in [-0.05, 0) is 24.3 Å². The van der Waals surface area contributed by atoms with Gasteiger partial charge in [0.1, 0.15) is 11.9 Å². The summed E-state index contributed by atoms with van der Waals surface area (Å²) in [7, 11) is 0. The largest absolute Gasteiger partial charge is 0.366 e. The smallest absolute Gasteiger partial charge is 0.251 e. The van der Waals surface area contributed by atoms with E-state index in [1.807, 2.05) is 6.07 Å². The van der Waals surface area contributed by atoms with E-state index in [9.17, 15) is 9.18 Å². The number of carbonyl (C=O) groups excluding carboxylic acids is 1. The van der Waals surface area contributed by atoms with Gasteiger partial charge in [0.05, 0.1) is 11.1 Å². The first-order valence-electron chi connectivity index (χ1n) is 5.56. The van der Waals surface area contributed by atoms with Crippen LogP contribution in [0.4, 0.5) is 4.39 Å². The quantitative estimate of drug-likeness (QED) is 0.795. The van der Waals surface area contributed by atoms with Crippen LogP contribution in [0.2, 0.25) is 0 Å². The molecule has 2 rings (SSSR count). The van der Waals surface area contributed by atoms with Crippen molar-refractivity contribution in [3.05, 3.63) is 64.7 Å². The molecule has 5 heteroatoms. The zero-order valence-corrected chi connectivity index (χ0v) is 10.2. The van der Waals surface area contributed by atoms with Crippen LogP contribution in [0, 0.1) is 29.0 Å². The van der Waals surface area contributed by atoms with Crippen LogP contribution in [0.3, 0.4) is 0 Å². The molecule has 0 saturated carbocycles. The Hall–Kier alpha value is -3.18. The Labute approximate surface area is 114 Å². The SMILES string of the molecule is N#Cc1cncc(C#Cc2ccc(F)c(C(N)=O)c2)c1. The van der Waals surface area contributed by atoms with Crippen molar-refractivity contribution in [3.8, 4) is 17.9 Å². The first-order chi connectivity index (χ1) is 9.60. The highest BCUT2D eigenvalue weighted by molar-refractivity contribution is 5.93. The van der Waals surface area contributed by atoms with E-state index >= 15 is 0 Å². The highest BCUT2D eigenvalue weighted by Gasteiger charge is 2.07. The molecular weight excluding hydrogens is 257 g/mol. The van der Waals surface area contributed by atoms with Crippen molar-refractivity contribution in [2.75, 3.05) is 0 Å². The van der Waals surface area contributed by atoms with Gasteiger partial charge in [-0.25, -0.2) is 4.39 Å². The molecule has 0 spiro atoms. The van der Waals surface area contributed by atoms with Gasteiger partial charge in [0, 0.05) is 23.5 Å². The lowest BCUT2D eigenvalue weighted by molar-refractivity contribution is 0.0996. The van der Waals surface area contributed by atoms with Gasteiger partial charge in [-0.2, -0.15) is 5.26 Å². The zero-order chi connectivity index (χ0) is 14.5. The number of hydrogen-bond acceptors (Lipinski definition) is 3. The maximum Gasteiger partial charge on any atom is 0.251 e. The number of pyridine rings is 1. The first kappa shape index (κ1) is 13.3. The van der Waals surface area contributed by atoms with Crippen LogP contribution in [-0.2, 0) is 0 Å². The molecule has 0 aliphatic carbocycles. The maximum absolute atomic E-state index is 13.3. The lowest BCUT2D eigenvalue weighted by Gasteiger charge is -1.98. The van der Waals surface area contributed by atoms with E-state index in [-0.39, 0.29) is 5.56 Å².